The van der Waals surface area contributed by atoms with Crippen LogP contribution in [-0.2, 0) is 16.1 Å². The molecule has 0 bridgehead atoms. The van der Waals surface area contributed by atoms with Crippen LogP contribution in [0.2, 0.25) is 0 Å². The van der Waals surface area contributed by atoms with Crippen molar-refractivity contribution in [1.82, 2.24) is 9.91 Å². The van der Waals surface area contributed by atoms with Crippen molar-refractivity contribution < 1.29 is 9.53 Å². The number of benzene rings is 1. The highest BCUT2D eigenvalue weighted by atomic mass is 32.1. The van der Waals surface area contributed by atoms with Gasteiger partial charge >= 0.3 is 0 Å². The van der Waals surface area contributed by atoms with Crippen LogP contribution in [0.4, 0.5) is 0 Å². The Bertz CT molecular complexity index is 956. The zero-order valence-electron chi connectivity index (χ0n) is 16.9. The molecule has 5 nitrogen and oxygen atoms in total. The normalized spacial score (nSPS) is 16.3. The van der Waals surface area contributed by atoms with Gasteiger partial charge in [-0.15, -0.1) is 22.7 Å². The molecule has 0 saturated carbocycles. The molecule has 4 rings (SSSR count). The van der Waals surface area contributed by atoms with Gasteiger partial charge in [-0.05, 0) is 28.5 Å². The molecule has 3 heterocycles. The van der Waals surface area contributed by atoms with Gasteiger partial charge in [-0.2, -0.15) is 5.10 Å². The van der Waals surface area contributed by atoms with Gasteiger partial charge in [0.2, 0.25) is 0 Å². The second-order valence-corrected chi connectivity index (χ2v) is 9.11. The minimum Gasteiger partial charge on any atom is -0.383 e. The molecule has 0 saturated heterocycles. The molecule has 1 unspecified atom stereocenters. The Balaban J connectivity index is 1.53. The topological polar surface area (TPSA) is 45.1 Å². The number of ether oxygens (including phenoxy) is 1. The largest absolute Gasteiger partial charge is 0.383 e. The summed E-state index contributed by atoms with van der Waals surface area (Å²) in [6.07, 6.45) is 0.753. The van der Waals surface area contributed by atoms with Gasteiger partial charge in [-0.1, -0.05) is 42.5 Å². The molecule has 1 aromatic carbocycles. The predicted octanol–water partition coefficient (Wildman–Crippen LogP) is 4.64. The van der Waals surface area contributed by atoms with Crippen LogP contribution >= 0.6 is 22.7 Å². The van der Waals surface area contributed by atoms with Gasteiger partial charge in [0.05, 0.1) is 29.8 Å². The Hall–Kier alpha value is -2.32. The molecule has 7 heteroatoms. The van der Waals surface area contributed by atoms with Crippen LogP contribution in [0.15, 0.2) is 70.5 Å². The van der Waals surface area contributed by atoms with E-state index < -0.39 is 0 Å². The van der Waals surface area contributed by atoms with E-state index in [2.05, 4.69) is 39.9 Å². The molecule has 0 fully saturated rings. The average Bonchev–Trinajstić information content (AvgIpc) is 3.53. The maximum absolute atomic E-state index is 13.4. The van der Waals surface area contributed by atoms with E-state index in [9.17, 15) is 4.79 Å². The van der Waals surface area contributed by atoms with Crippen LogP contribution in [0.5, 0.6) is 0 Å². The second-order valence-electron chi connectivity index (χ2n) is 7.19. The van der Waals surface area contributed by atoms with E-state index in [0.717, 1.165) is 17.0 Å². The minimum atomic E-state index is -0.0319. The first-order valence-electron chi connectivity index (χ1n) is 9.96. The lowest BCUT2D eigenvalue weighted by Crippen LogP contribution is -2.39. The number of thiophene rings is 2. The summed E-state index contributed by atoms with van der Waals surface area (Å²) < 4.78 is 5.27. The molecule has 1 aliphatic heterocycles. The molecule has 3 aromatic rings. The number of carbonyl (C=O) groups excluding carboxylic acids is 1. The molecular weight excluding hydrogens is 414 g/mol. The maximum Gasteiger partial charge on any atom is 0.257 e. The van der Waals surface area contributed by atoms with Crippen LogP contribution in [0.3, 0.4) is 0 Å². The fourth-order valence-corrected chi connectivity index (χ4v) is 5.11. The fraction of sp³-hybridized carbons (Fsp3) is 0.304. The molecule has 0 aliphatic carbocycles. The van der Waals surface area contributed by atoms with Crippen LogP contribution in [0.25, 0.3) is 0 Å². The van der Waals surface area contributed by atoms with Crippen molar-refractivity contribution in [3.05, 3.63) is 80.7 Å². The first-order valence-corrected chi connectivity index (χ1v) is 11.7. The summed E-state index contributed by atoms with van der Waals surface area (Å²) in [4.78, 5) is 17.8. The monoisotopic (exact) mass is 439 g/mol. The Kier molecular flexibility index (Phi) is 7.07. The zero-order valence-corrected chi connectivity index (χ0v) is 18.6. The summed E-state index contributed by atoms with van der Waals surface area (Å²) in [6.45, 7) is 2.28. The van der Waals surface area contributed by atoms with Gasteiger partial charge in [0.15, 0.2) is 0 Å². The molecule has 30 heavy (non-hydrogen) atoms. The summed E-state index contributed by atoms with van der Waals surface area (Å²) in [5.74, 6) is 0.0204. The van der Waals surface area contributed by atoms with Gasteiger partial charge in [0.1, 0.15) is 0 Å². The molecule has 156 valence electrons. The number of methoxy groups -OCH3 is 1. The summed E-state index contributed by atoms with van der Waals surface area (Å²) in [6, 6.07) is 18.4. The molecular formula is C23H25N3O2S2. The summed E-state index contributed by atoms with van der Waals surface area (Å²) in [5.41, 5.74) is 2.17. The molecule has 0 spiro atoms. The van der Waals surface area contributed by atoms with Crippen LogP contribution in [0.1, 0.15) is 27.8 Å². The van der Waals surface area contributed by atoms with E-state index in [1.54, 1.807) is 34.8 Å². The van der Waals surface area contributed by atoms with Crippen molar-refractivity contribution in [3.8, 4) is 0 Å². The highest BCUT2D eigenvalue weighted by Crippen LogP contribution is 2.36. The van der Waals surface area contributed by atoms with Gasteiger partial charge in [-0.3, -0.25) is 9.69 Å². The van der Waals surface area contributed by atoms with Crippen molar-refractivity contribution in [1.29, 1.82) is 0 Å². The number of rotatable bonds is 9. The molecule has 1 amide bonds. The number of hydrogen-bond acceptors (Lipinski definition) is 6. The molecule has 2 aromatic heterocycles. The molecule has 0 radical (unpaired) electrons. The van der Waals surface area contributed by atoms with E-state index in [1.165, 1.54) is 10.4 Å². The number of nitrogens with zero attached hydrogens (tertiary/aromatic N) is 3. The smallest absolute Gasteiger partial charge is 0.257 e. The predicted molar refractivity (Wildman–Crippen MR) is 123 cm³/mol. The van der Waals surface area contributed by atoms with E-state index >= 15 is 0 Å². The van der Waals surface area contributed by atoms with Crippen LogP contribution in [-0.4, -0.2) is 48.3 Å². The fourth-order valence-electron chi connectivity index (χ4n) is 3.57. The number of hydrogen-bond donors (Lipinski definition) is 0. The molecule has 1 aliphatic rings. The average molecular weight is 440 g/mol. The van der Waals surface area contributed by atoms with E-state index in [-0.39, 0.29) is 11.9 Å². The van der Waals surface area contributed by atoms with Crippen molar-refractivity contribution in [2.24, 2.45) is 5.10 Å². The van der Waals surface area contributed by atoms with Gasteiger partial charge in [0.25, 0.3) is 5.91 Å². The van der Waals surface area contributed by atoms with E-state index in [4.69, 9.17) is 9.84 Å². The van der Waals surface area contributed by atoms with Crippen molar-refractivity contribution in [2.75, 3.05) is 26.8 Å². The van der Waals surface area contributed by atoms with Gasteiger partial charge in [-0.25, -0.2) is 5.01 Å². The van der Waals surface area contributed by atoms with E-state index in [0.29, 0.717) is 26.2 Å². The molecule has 1 atom stereocenters. The van der Waals surface area contributed by atoms with Crippen LogP contribution < -0.4 is 0 Å². The lowest BCUT2D eigenvalue weighted by Gasteiger charge is -2.26. The molecule has 0 N–H and O–H groups in total. The lowest BCUT2D eigenvalue weighted by molar-refractivity contribution is -0.134. The number of carbonyl (C=O) groups is 1. The van der Waals surface area contributed by atoms with Crippen molar-refractivity contribution >= 4 is 34.3 Å². The minimum absolute atomic E-state index is 0.0204. The second kappa shape index (κ2) is 10.1. The van der Waals surface area contributed by atoms with Gasteiger partial charge < -0.3 is 4.74 Å². The Morgan fingerprint density at radius 3 is 2.63 bits per heavy atom. The Morgan fingerprint density at radius 1 is 1.13 bits per heavy atom. The highest BCUT2D eigenvalue weighted by Gasteiger charge is 2.34. The number of amides is 1. The summed E-state index contributed by atoms with van der Waals surface area (Å²) >= 11 is 3.35. The SMILES string of the molecule is COCCN(CC(=O)N1N=C(c2cccs2)CC1c1cccs1)Cc1ccccc1. The first kappa shape index (κ1) is 20.9. The quantitative estimate of drug-likeness (QED) is 0.488. The lowest BCUT2D eigenvalue weighted by atomic mass is 10.1. The number of hydrazone groups is 1. The van der Waals surface area contributed by atoms with Crippen LogP contribution in [0, 0.1) is 0 Å². The van der Waals surface area contributed by atoms with Crippen molar-refractivity contribution in [3.63, 3.8) is 0 Å². The maximum atomic E-state index is 13.4. The first-order chi connectivity index (χ1) is 14.7. The summed E-state index contributed by atoms with van der Waals surface area (Å²) in [5, 5.41) is 10.6. The third-order valence-corrected chi connectivity index (χ3v) is 6.96. The van der Waals surface area contributed by atoms with Gasteiger partial charge in [0, 0.05) is 31.5 Å². The third kappa shape index (κ3) is 5.05. The zero-order chi connectivity index (χ0) is 20.8. The Morgan fingerprint density at radius 2 is 1.93 bits per heavy atom. The Labute approximate surface area is 185 Å². The van der Waals surface area contributed by atoms with Crippen molar-refractivity contribution in [2.45, 2.75) is 19.0 Å². The standard InChI is InChI=1S/C23H25N3O2S2/c1-28-12-11-25(16-18-7-3-2-4-8-18)17-23(27)26-20(22-10-6-14-30-22)15-19(24-26)21-9-5-13-29-21/h2-10,13-14,20H,11-12,15-17H2,1H3. The van der Waals surface area contributed by atoms with E-state index in [1.807, 2.05) is 30.3 Å². The third-order valence-electron chi connectivity index (χ3n) is 5.06. The summed E-state index contributed by atoms with van der Waals surface area (Å²) in [7, 11) is 1.69. The highest BCUT2D eigenvalue weighted by molar-refractivity contribution is 7.12.